The van der Waals surface area contributed by atoms with Crippen LogP contribution in [0.25, 0.3) is 0 Å². The summed E-state index contributed by atoms with van der Waals surface area (Å²) in [7, 11) is 0. The Bertz CT molecular complexity index is 827. The zero-order valence-electron chi connectivity index (χ0n) is 15.7. The monoisotopic (exact) mass is 418 g/mol. The van der Waals surface area contributed by atoms with E-state index >= 15 is 0 Å². The topological polar surface area (TPSA) is 59.9 Å². The highest BCUT2D eigenvalue weighted by atomic mass is 35.5. The molecule has 2 aromatic carbocycles. The van der Waals surface area contributed by atoms with Gasteiger partial charge in [0, 0.05) is 10.8 Å². The Morgan fingerprint density at radius 3 is 2.86 bits per heavy atom. The summed E-state index contributed by atoms with van der Waals surface area (Å²) in [6, 6.07) is 13.0. The van der Waals surface area contributed by atoms with E-state index in [0.29, 0.717) is 41.2 Å². The number of ether oxygens (including phenoxy) is 2. The number of nitrogens with zero attached hydrogens (tertiary/aromatic N) is 1. The van der Waals surface area contributed by atoms with Crippen molar-refractivity contribution in [3.63, 3.8) is 0 Å². The number of nitrogens with one attached hydrogen (secondary N) is 1. The number of halogens is 1. The highest BCUT2D eigenvalue weighted by Gasteiger charge is 2.06. The van der Waals surface area contributed by atoms with Crippen molar-refractivity contribution in [1.82, 2.24) is 5.43 Å². The molecule has 0 fully saturated rings. The molecule has 28 heavy (non-hydrogen) atoms. The molecule has 5 nitrogen and oxygen atoms in total. The van der Waals surface area contributed by atoms with E-state index in [-0.39, 0.29) is 5.91 Å². The van der Waals surface area contributed by atoms with Gasteiger partial charge in [0.25, 0.3) is 0 Å². The van der Waals surface area contributed by atoms with Gasteiger partial charge in [0.1, 0.15) is 6.61 Å². The highest BCUT2D eigenvalue weighted by Crippen LogP contribution is 2.28. The van der Waals surface area contributed by atoms with Crippen LogP contribution in [0.1, 0.15) is 18.1 Å². The number of benzene rings is 2. The number of carbonyl (C=O) groups is 1. The van der Waals surface area contributed by atoms with Crippen LogP contribution in [-0.4, -0.2) is 31.1 Å². The molecule has 0 aromatic heterocycles. The normalized spacial score (nSPS) is 10.6. The molecule has 0 aliphatic rings. The number of thioether (sulfide) groups is 1. The molecule has 2 rings (SSSR count). The Kier molecular flexibility index (Phi) is 9.45. The molecule has 0 aliphatic heterocycles. The summed E-state index contributed by atoms with van der Waals surface area (Å²) >= 11 is 7.45. The van der Waals surface area contributed by atoms with E-state index in [1.54, 1.807) is 18.4 Å². The predicted octanol–water partition coefficient (Wildman–Crippen LogP) is 4.69. The van der Waals surface area contributed by atoms with Crippen LogP contribution in [-0.2, 0) is 10.5 Å². The Balaban J connectivity index is 1.82. The summed E-state index contributed by atoms with van der Waals surface area (Å²) in [4.78, 5) is 11.9. The molecule has 0 saturated heterocycles. The average Bonchev–Trinajstić information content (AvgIpc) is 2.68. The minimum Gasteiger partial charge on any atom is -0.490 e. The molecule has 0 aliphatic carbocycles. The van der Waals surface area contributed by atoms with Crippen molar-refractivity contribution < 1.29 is 14.3 Å². The zero-order valence-corrected chi connectivity index (χ0v) is 17.3. The van der Waals surface area contributed by atoms with Gasteiger partial charge >= 0.3 is 0 Å². The van der Waals surface area contributed by atoms with Crippen molar-refractivity contribution in [3.8, 4) is 11.5 Å². The largest absolute Gasteiger partial charge is 0.490 e. The van der Waals surface area contributed by atoms with Gasteiger partial charge in [0.2, 0.25) is 5.91 Å². The minimum atomic E-state index is -0.167. The quantitative estimate of drug-likeness (QED) is 0.327. The van der Waals surface area contributed by atoms with E-state index in [0.717, 1.165) is 11.1 Å². The third-order valence-electron chi connectivity index (χ3n) is 3.42. The number of hydrazone groups is 1. The Hall–Kier alpha value is -2.44. The molecule has 0 spiro atoms. The molecule has 0 radical (unpaired) electrons. The van der Waals surface area contributed by atoms with Gasteiger partial charge in [-0.25, -0.2) is 5.43 Å². The fraction of sp³-hybridized carbons (Fsp3) is 0.238. The van der Waals surface area contributed by atoms with Crippen molar-refractivity contribution in [1.29, 1.82) is 0 Å². The summed E-state index contributed by atoms with van der Waals surface area (Å²) in [5, 5.41) is 4.70. The second-order valence-corrected chi connectivity index (χ2v) is 7.08. The molecule has 2 aromatic rings. The fourth-order valence-corrected chi connectivity index (χ4v) is 3.22. The van der Waals surface area contributed by atoms with Crippen LogP contribution in [0.4, 0.5) is 0 Å². The van der Waals surface area contributed by atoms with Gasteiger partial charge in [-0.1, -0.05) is 36.4 Å². The number of rotatable bonds is 11. The first-order chi connectivity index (χ1) is 13.6. The van der Waals surface area contributed by atoms with E-state index in [2.05, 4.69) is 17.1 Å². The lowest BCUT2D eigenvalue weighted by atomic mass is 10.2. The standard InChI is InChI=1S/C21H23ClN2O3S/c1-3-10-27-19-9-8-16(12-20(19)26-4-2)13-23-24-21(25)15-28-14-17-6-5-7-18(22)11-17/h3,5-9,11-13H,1,4,10,14-15H2,2H3,(H,24,25)/b23-13+. The number of hydrogen-bond acceptors (Lipinski definition) is 5. The smallest absolute Gasteiger partial charge is 0.250 e. The maximum absolute atomic E-state index is 11.9. The van der Waals surface area contributed by atoms with E-state index in [4.69, 9.17) is 21.1 Å². The third-order valence-corrected chi connectivity index (χ3v) is 4.66. The molecule has 0 unspecified atom stereocenters. The van der Waals surface area contributed by atoms with Gasteiger partial charge in [0.05, 0.1) is 18.6 Å². The van der Waals surface area contributed by atoms with Crippen LogP contribution in [0.3, 0.4) is 0 Å². The lowest BCUT2D eigenvalue weighted by Crippen LogP contribution is -2.19. The van der Waals surface area contributed by atoms with Crippen molar-refractivity contribution in [2.24, 2.45) is 5.10 Å². The lowest BCUT2D eigenvalue weighted by molar-refractivity contribution is -0.118. The number of hydrogen-bond donors (Lipinski definition) is 1. The zero-order chi connectivity index (χ0) is 20.2. The van der Waals surface area contributed by atoms with Gasteiger partial charge in [-0.2, -0.15) is 5.10 Å². The minimum absolute atomic E-state index is 0.167. The molecule has 1 N–H and O–H groups in total. The van der Waals surface area contributed by atoms with Crippen molar-refractivity contribution in [3.05, 3.63) is 71.3 Å². The van der Waals surface area contributed by atoms with E-state index in [1.165, 1.54) is 11.8 Å². The van der Waals surface area contributed by atoms with Gasteiger partial charge in [-0.05, 0) is 48.4 Å². The van der Waals surface area contributed by atoms with E-state index in [1.807, 2.05) is 43.3 Å². The SMILES string of the molecule is C=CCOc1ccc(/C=N/NC(=O)CSCc2cccc(Cl)c2)cc1OCC. The van der Waals surface area contributed by atoms with Crippen molar-refractivity contribution in [2.75, 3.05) is 19.0 Å². The van der Waals surface area contributed by atoms with Crippen LogP contribution < -0.4 is 14.9 Å². The summed E-state index contributed by atoms with van der Waals surface area (Å²) in [6.07, 6.45) is 3.24. The van der Waals surface area contributed by atoms with Crippen LogP contribution in [0.5, 0.6) is 11.5 Å². The fourth-order valence-electron chi connectivity index (χ4n) is 2.24. The summed E-state index contributed by atoms with van der Waals surface area (Å²) in [5.74, 6) is 2.11. The van der Waals surface area contributed by atoms with Gasteiger partial charge in [-0.3, -0.25) is 4.79 Å². The van der Waals surface area contributed by atoms with Gasteiger partial charge in [-0.15, -0.1) is 11.8 Å². The molecular weight excluding hydrogens is 396 g/mol. The Morgan fingerprint density at radius 2 is 2.11 bits per heavy atom. The summed E-state index contributed by atoms with van der Waals surface area (Å²) in [5.41, 5.74) is 4.40. The maximum Gasteiger partial charge on any atom is 0.250 e. The first-order valence-corrected chi connectivity index (χ1v) is 10.3. The number of amides is 1. The molecule has 0 atom stereocenters. The molecule has 0 bridgehead atoms. The predicted molar refractivity (Wildman–Crippen MR) is 117 cm³/mol. The van der Waals surface area contributed by atoms with E-state index in [9.17, 15) is 4.79 Å². The number of carbonyl (C=O) groups excluding carboxylic acids is 1. The highest BCUT2D eigenvalue weighted by molar-refractivity contribution is 7.99. The van der Waals surface area contributed by atoms with Gasteiger partial charge < -0.3 is 9.47 Å². The second-order valence-electron chi connectivity index (χ2n) is 5.65. The molecule has 0 saturated carbocycles. The molecule has 7 heteroatoms. The van der Waals surface area contributed by atoms with Gasteiger partial charge in [0.15, 0.2) is 11.5 Å². The van der Waals surface area contributed by atoms with Crippen LogP contribution >= 0.6 is 23.4 Å². The van der Waals surface area contributed by atoms with Crippen molar-refractivity contribution >= 4 is 35.5 Å². The van der Waals surface area contributed by atoms with Crippen LogP contribution in [0.2, 0.25) is 5.02 Å². The molecule has 0 heterocycles. The summed E-state index contributed by atoms with van der Waals surface area (Å²) in [6.45, 7) is 6.45. The molecule has 148 valence electrons. The summed E-state index contributed by atoms with van der Waals surface area (Å²) < 4.78 is 11.1. The van der Waals surface area contributed by atoms with Crippen LogP contribution in [0.15, 0.2) is 60.2 Å². The Morgan fingerprint density at radius 1 is 1.25 bits per heavy atom. The average molecular weight is 419 g/mol. The van der Waals surface area contributed by atoms with Crippen LogP contribution in [0, 0.1) is 0 Å². The first-order valence-electron chi connectivity index (χ1n) is 8.77. The Labute approximate surface area is 174 Å². The maximum atomic E-state index is 11.9. The third kappa shape index (κ3) is 7.66. The van der Waals surface area contributed by atoms with Crippen molar-refractivity contribution in [2.45, 2.75) is 12.7 Å². The lowest BCUT2D eigenvalue weighted by Gasteiger charge is -2.11. The molecule has 1 amide bonds. The second kappa shape index (κ2) is 12.1. The van der Waals surface area contributed by atoms with E-state index < -0.39 is 0 Å². The molecular formula is C21H23ClN2O3S. The first kappa shape index (κ1) is 21.9.